The van der Waals surface area contributed by atoms with Crippen molar-refractivity contribution in [2.45, 2.75) is 26.2 Å². The molecule has 7 aromatic carbocycles. The molecule has 0 fully saturated rings. The fourth-order valence-corrected chi connectivity index (χ4v) is 7.08. The van der Waals surface area contributed by atoms with Gasteiger partial charge in [0.05, 0.1) is 0 Å². The molecule has 1 aliphatic rings. The van der Waals surface area contributed by atoms with Crippen LogP contribution in [0.1, 0.15) is 26.3 Å². The summed E-state index contributed by atoms with van der Waals surface area (Å²) in [5.74, 6) is 1.20. The van der Waals surface area contributed by atoms with Gasteiger partial charge in [0.2, 0.25) is 0 Å². The van der Waals surface area contributed by atoms with Gasteiger partial charge in [0.25, 0.3) is 0 Å². The molecular weight excluding hydrogens is 842 g/mol. The molecule has 264 valence electrons. The molecule has 54 heavy (non-hydrogen) atoms. The second kappa shape index (κ2) is 14.5. The summed E-state index contributed by atoms with van der Waals surface area (Å²) in [4.78, 5) is 4.28. The van der Waals surface area contributed by atoms with E-state index in [1.807, 2.05) is 36.4 Å². The molecule has 5 heteroatoms. The molecule has 8 aromatic rings. The SMILES string of the molecule is CC(C)(C)c1ccc(N2C=CN(c3[c-]c(Oc4[c-]c(-n5c6[c-]cccc6c6ccccc65)ccc4)cc(-c4ccccc4)c3)[CH-]2)c(-c2ccccc2)c1.[Pt+4]. The van der Waals surface area contributed by atoms with Crippen molar-refractivity contribution in [2.24, 2.45) is 0 Å². The van der Waals surface area contributed by atoms with E-state index in [0.29, 0.717) is 11.5 Å². The van der Waals surface area contributed by atoms with Gasteiger partial charge in [0, 0.05) is 28.3 Å². The van der Waals surface area contributed by atoms with Gasteiger partial charge in [-0.05, 0) is 58.1 Å². The summed E-state index contributed by atoms with van der Waals surface area (Å²) in [5.41, 5.74) is 10.8. The molecular formula is C49H37N3OPt. The van der Waals surface area contributed by atoms with Crippen LogP contribution in [0.3, 0.4) is 0 Å². The Morgan fingerprint density at radius 3 is 2.07 bits per heavy atom. The van der Waals surface area contributed by atoms with Crippen molar-refractivity contribution in [1.82, 2.24) is 4.57 Å². The van der Waals surface area contributed by atoms with Crippen LogP contribution in [-0.4, -0.2) is 4.57 Å². The molecule has 0 amide bonds. The first kappa shape index (κ1) is 35.2. The minimum absolute atomic E-state index is 0. The zero-order chi connectivity index (χ0) is 35.9. The molecule has 1 aromatic heterocycles. The summed E-state index contributed by atoms with van der Waals surface area (Å²) in [6.45, 7) is 8.88. The Bertz CT molecular complexity index is 2570. The van der Waals surface area contributed by atoms with E-state index in [1.165, 1.54) is 22.1 Å². The Hall–Kier alpha value is -5.83. The molecule has 0 radical (unpaired) electrons. The molecule has 0 spiro atoms. The predicted octanol–water partition coefficient (Wildman–Crippen LogP) is 12.5. The van der Waals surface area contributed by atoms with Crippen LogP contribution in [-0.2, 0) is 26.5 Å². The summed E-state index contributed by atoms with van der Waals surface area (Å²) < 4.78 is 8.82. The van der Waals surface area contributed by atoms with Gasteiger partial charge in [-0.3, -0.25) is 0 Å². The Kier molecular flexibility index (Phi) is 9.48. The maximum Gasteiger partial charge on any atom is 4.00 e. The Morgan fingerprint density at radius 2 is 1.28 bits per heavy atom. The molecule has 0 saturated heterocycles. The number of aromatic nitrogens is 1. The molecule has 9 rings (SSSR count). The van der Waals surface area contributed by atoms with Gasteiger partial charge in [0.1, 0.15) is 0 Å². The molecule has 0 unspecified atom stereocenters. The van der Waals surface area contributed by atoms with E-state index in [-0.39, 0.29) is 26.5 Å². The summed E-state index contributed by atoms with van der Waals surface area (Å²) >= 11 is 0. The molecule has 1 aliphatic heterocycles. The maximum absolute atomic E-state index is 6.62. The van der Waals surface area contributed by atoms with E-state index in [0.717, 1.165) is 44.6 Å². The van der Waals surface area contributed by atoms with Crippen molar-refractivity contribution >= 4 is 33.2 Å². The van der Waals surface area contributed by atoms with Crippen molar-refractivity contribution < 1.29 is 25.8 Å². The first-order valence-corrected chi connectivity index (χ1v) is 17.9. The molecule has 0 aliphatic carbocycles. The summed E-state index contributed by atoms with van der Waals surface area (Å²) in [5, 5.41) is 2.33. The number of para-hydroxylation sites is 2. The van der Waals surface area contributed by atoms with Gasteiger partial charge in [-0.1, -0.05) is 117 Å². The van der Waals surface area contributed by atoms with Crippen LogP contribution < -0.4 is 14.5 Å². The Morgan fingerprint density at radius 1 is 0.574 bits per heavy atom. The molecule has 0 atom stereocenters. The normalized spacial score (nSPS) is 12.7. The second-order valence-corrected chi connectivity index (χ2v) is 14.3. The summed E-state index contributed by atoms with van der Waals surface area (Å²) in [6.07, 6.45) is 4.17. The van der Waals surface area contributed by atoms with E-state index >= 15 is 0 Å². The predicted molar refractivity (Wildman–Crippen MR) is 218 cm³/mol. The third-order valence-corrected chi connectivity index (χ3v) is 9.78. The molecule has 0 saturated carbocycles. The standard InChI is InChI=1S/C49H37N3O.Pt/c1-49(2,3)38-25-26-46(45(31-38)36-17-8-5-9-18-36)51-28-27-50(34-51)40-29-37(35-15-6-4-7-16-35)30-42(33-40)53-41-20-14-19-39(32-41)52-47-23-12-10-21-43(47)44-22-11-13-24-48(44)52;/h4-23,25-31,34H,1-3H3;/q-4;+4. The van der Waals surface area contributed by atoms with Crippen molar-refractivity contribution in [2.75, 3.05) is 9.80 Å². The fraction of sp³-hybridized carbons (Fsp3) is 0.0816. The quantitative estimate of drug-likeness (QED) is 0.149. The largest absolute Gasteiger partial charge is 4.00 e. The summed E-state index contributed by atoms with van der Waals surface area (Å²) in [7, 11) is 0. The Balaban J connectivity index is 0.00000413. The zero-order valence-electron chi connectivity index (χ0n) is 30.2. The number of rotatable bonds is 7. The first-order chi connectivity index (χ1) is 25.9. The fourth-order valence-electron chi connectivity index (χ4n) is 7.08. The Labute approximate surface area is 331 Å². The monoisotopic (exact) mass is 878 g/mol. The van der Waals surface area contributed by atoms with Gasteiger partial charge in [0.15, 0.2) is 0 Å². The van der Waals surface area contributed by atoms with E-state index in [9.17, 15) is 0 Å². The van der Waals surface area contributed by atoms with Gasteiger partial charge in [-0.15, -0.1) is 59.7 Å². The molecule has 0 N–H and O–H groups in total. The van der Waals surface area contributed by atoms with Crippen LogP contribution in [0, 0.1) is 24.9 Å². The van der Waals surface area contributed by atoms with Crippen LogP contribution in [0.2, 0.25) is 0 Å². The van der Waals surface area contributed by atoms with Gasteiger partial charge in [-0.25, -0.2) is 0 Å². The van der Waals surface area contributed by atoms with Crippen LogP contribution in [0.4, 0.5) is 11.4 Å². The van der Waals surface area contributed by atoms with E-state index < -0.39 is 0 Å². The van der Waals surface area contributed by atoms with E-state index in [2.05, 4.69) is 188 Å². The topological polar surface area (TPSA) is 20.6 Å². The minimum Gasteiger partial charge on any atom is -0.509 e. The number of ether oxygens (including phenoxy) is 1. The average molecular weight is 879 g/mol. The van der Waals surface area contributed by atoms with Crippen LogP contribution in [0.25, 0.3) is 49.7 Å². The van der Waals surface area contributed by atoms with Gasteiger partial charge < -0.3 is 19.1 Å². The molecule has 2 heterocycles. The number of hydrogen-bond donors (Lipinski definition) is 0. The molecule has 4 nitrogen and oxygen atoms in total. The van der Waals surface area contributed by atoms with Gasteiger partial charge >= 0.3 is 21.1 Å². The first-order valence-electron chi connectivity index (χ1n) is 17.9. The van der Waals surface area contributed by atoms with Crippen molar-refractivity contribution in [3.8, 4) is 39.4 Å². The number of nitrogens with zero attached hydrogens (tertiary/aromatic N) is 3. The van der Waals surface area contributed by atoms with Crippen molar-refractivity contribution in [1.29, 1.82) is 0 Å². The van der Waals surface area contributed by atoms with Gasteiger partial charge in [-0.2, -0.15) is 30.3 Å². The van der Waals surface area contributed by atoms with Crippen molar-refractivity contribution in [3.63, 3.8) is 0 Å². The minimum atomic E-state index is 0. The van der Waals surface area contributed by atoms with Crippen molar-refractivity contribution in [3.05, 3.63) is 194 Å². The summed E-state index contributed by atoms with van der Waals surface area (Å²) in [6, 6.07) is 63.1. The average Bonchev–Trinajstić information content (AvgIpc) is 3.82. The third-order valence-electron chi connectivity index (χ3n) is 9.78. The second-order valence-electron chi connectivity index (χ2n) is 14.3. The molecule has 0 bridgehead atoms. The van der Waals surface area contributed by atoms with Crippen LogP contribution in [0.15, 0.2) is 164 Å². The smallest absolute Gasteiger partial charge is 0.509 e. The van der Waals surface area contributed by atoms with E-state index in [4.69, 9.17) is 4.74 Å². The number of fused-ring (bicyclic) bond motifs is 3. The van der Waals surface area contributed by atoms with E-state index in [1.54, 1.807) is 0 Å². The van der Waals surface area contributed by atoms with Crippen LogP contribution >= 0.6 is 0 Å². The maximum atomic E-state index is 6.62. The zero-order valence-corrected chi connectivity index (χ0v) is 32.5. The number of hydrogen-bond acceptors (Lipinski definition) is 3. The number of anilines is 2. The third kappa shape index (κ3) is 6.75. The number of benzene rings is 7. The van der Waals surface area contributed by atoms with Crippen LogP contribution in [0.5, 0.6) is 11.5 Å².